The van der Waals surface area contributed by atoms with Gasteiger partial charge in [0.2, 0.25) is 5.91 Å². The summed E-state index contributed by atoms with van der Waals surface area (Å²) in [6, 6.07) is 0. The second-order valence-electron chi connectivity index (χ2n) is 5.26. The molecule has 1 amide bonds. The predicted molar refractivity (Wildman–Crippen MR) is 71.9 cm³/mol. The van der Waals surface area contributed by atoms with E-state index in [2.05, 4.69) is 5.32 Å². The quantitative estimate of drug-likeness (QED) is 0.546. The number of hydrogen-bond acceptors (Lipinski definition) is 3. The van der Waals surface area contributed by atoms with Crippen molar-refractivity contribution in [3.8, 4) is 0 Å². The summed E-state index contributed by atoms with van der Waals surface area (Å²) in [6.45, 7) is 0.461. The Hall–Kier alpha value is -1.17. The smallest absolute Gasteiger partial charge is 0.307 e. The Morgan fingerprint density at radius 3 is 2.53 bits per heavy atom. The fraction of sp³-hybridized carbons (Fsp3) is 0.692. The van der Waals surface area contributed by atoms with Gasteiger partial charge >= 0.3 is 5.97 Å². The zero-order chi connectivity index (χ0) is 14.0. The maximum atomic E-state index is 12.1. The highest BCUT2D eigenvalue weighted by atomic mass is 32.2. The Bertz CT molecular complexity index is 434. The molecule has 2 bridgehead atoms. The van der Waals surface area contributed by atoms with E-state index in [-0.39, 0.29) is 17.7 Å². The molecule has 2 rings (SSSR count). The van der Waals surface area contributed by atoms with E-state index in [9.17, 15) is 18.9 Å². The molecular formula is C13H19NO4S. The lowest BCUT2D eigenvalue weighted by atomic mass is 9.82. The number of aliphatic carboxylic acids is 1. The van der Waals surface area contributed by atoms with Gasteiger partial charge in [-0.15, -0.1) is 0 Å². The zero-order valence-electron chi connectivity index (χ0n) is 10.9. The van der Waals surface area contributed by atoms with Crippen molar-refractivity contribution in [2.75, 3.05) is 18.6 Å². The Labute approximate surface area is 114 Å². The Morgan fingerprint density at radius 2 is 1.95 bits per heavy atom. The summed E-state index contributed by atoms with van der Waals surface area (Å²) < 4.78 is 10.9. The van der Waals surface area contributed by atoms with Crippen molar-refractivity contribution in [2.24, 2.45) is 23.7 Å². The summed E-state index contributed by atoms with van der Waals surface area (Å²) in [4.78, 5) is 23.4. The molecule has 19 heavy (non-hydrogen) atoms. The molecule has 5 nitrogen and oxygen atoms in total. The third-order valence-electron chi connectivity index (χ3n) is 3.95. The van der Waals surface area contributed by atoms with Gasteiger partial charge in [0.1, 0.15) is 0 Å². The van der Waals surface area contributed by atoms with Crippen molar-refractivity contribution in [1.29, 1.82) is 0 Å². The van der Waals surface area contributed by atoms with Gasteiger partial charge in [0, 0.05) is 29.4 Å². The molecule has 6 heteroatoms. The number of carboxylic acid groups (broad SMARTS) is 1. The molecule has 0 saturated heterocycles. The van der Waals surface area contributed by atoms with Gasteiger partial charge in [0.15, 0.2) is 0 Å². The van der Waals surface area contributed by atoms with Crippen molar-refractivity contribution in [2.45, 2.75) is 12.8 Å². The number of amides is 1. The average molecular weight is 285 g/mol. The molecule has 2 aliphatic rings. The third-order valence-corrected chi connectivity index (χ3v) is 4.82. The van der Waals surface area contributed by atoms with Crippen LogP contribution in [0, 0.1) is 23.7 Å². The molecule has 2 aliphatic carbocycles. The van der Waals surface area contributed by atoms with Crippen LogP contribution in [0.5, 0.6) is 0 Å². The first kappa shape index (κ1) is 14.2. The van der Waals surface area contributed by atoms with Crippen LogP contribution in [0.25, 0.3) is 0 Å². The van der Waals surface area contributed by atoms with E-state index < -0.39 is 28.6 Å². The predicted octanol–water partition coefficient (Wildman–Crippen LogP) is 0.394. The molecule has 0 heterocycles. The lowest BCUT2D eigenvalue weighted by molar-refractivity contribution is -0.147. The fourth-order valence-corrected chi connectivity index (χ4v) is 3.67. The number of carboxylic acids is 1. The first-order valence-electron chi connectivity index (χ1n) is 6.49. The average Bonchev–Trinajstić information content (AvgIpc) is 2.93. The molecule has 5 atom stereocenters. The van der Waals surface area contributed by atoms with E-state index in [4.69, 9.17) is 0 Å². The SMILES string of the molecule is CS(=O)CCCNC(=O)C1C2C=CC(C2)C1C(=O)O. The summed E-state index contributed by atoms with van der Waals surface area (Å²) in [7, 11) is -0.855. The Balaban J connectivity index is 1.89. The summed E-state index contributed by atoms with van der Waals surface area (Å²) in [5.74, 6) is -1.47. The Morgan fingerprint density at radius 1 is 1.32 bits per heavy atom. The molecule has 1 saturated carbocycles. The van der Waals surface area contributed by atoms with Crippen LogP contribution in [0.15, 0.2) is 12.2 Å². The standard InChI is InChI=1S/C13H19NO4S/c1-19(18)6-2-5-14-12(15)10-8-3-4-9(7-8)11(10)13(16)17/h3-4,8-11H,2,5-7H2,1H3,(H,14,15)(H,16,17). The zero-order valence-corrected chi connectivity index (χ0v) is 11.7. The molecule has 106 valence electrons. The summed E-state index contributed by atoms with van der Waals surface area (Å²) in [5, 5.41) is 12.0. The van der Waals surface area contributed by atoms with Gasteiger partial charge in [-0.05, 0) is 24.7 Å². The summed E-state index contributed by atoms with van der Waals surface area (Å²) >= 11 is 0. The summed E-state index contributed by atoms with van der Waals surface area (Å²) in [6.07, 6.45) is 6.95. The third kappa shape index (κ3) is 3.05. The first-order valence-corrected chi connectivity index (χ1v) is 8.22. The highest BCUT2D eigenvalue weighted by Crippen LogP contribution is 2.48. The van der Waals surface area contributed by atoms with E-state index in [0.717, 1.165) is 6.42 Å². The molecule has 0 aromatic carbocycles. The normalized spacial score (nSPS) is 33.3. The van der Waals surface area contributed by atoms with E-state index in [0.29, 0.717) is 18.7 Å². The van der Waals surface area contributed by atoms with Gasteiger partial charge in [-0.1, -0.05) is 12.2 Å². The second-order valence-corrected chi connectivity index (χ2v) is 6.81. The van der Waals surface area contributed by atoms with Gasteiger partial charge < -0.3 is 10.4 Å². The van der Waals surface area contributed by atoms with Crippen LogP contribution < -0.4 is 5.32 Å². The molecule has 2 N–H and O–H groups in total. The highest BCUT2D eigenvalue weighted by Gasteiger charge is 2.51. The van der Waals surface area contributed by atoms with Crippen LogP contribution in [0.3, 0.4) is 0 Å². The Kier molecular flexibility index (Phi) is 4.39. The molecule has 0 aliphatic heterocycles. The summed E-state index contributed by atoms with van der Waals surface area (Å²) in [5.41, 5.74) is 0. The number of hydrogen-bond donors (Lipinski definition) is 2. The molecule has 0 spiro atoms. The van der Waals surface area contributed by atoms with Crippen LogP contribution in [-0.2, 0) is 20.4 Å². The van der Waals surface area contributed by atoms with E-state index in [1.807, 2.05) is 12.2 Å². The maximum absolute atomic E-state index is 12.1. The van der Waals surface area contributed by atoms with Crippen molar-refractivity contribution in [3.05, 3.63) is 12.2 Å². The van der Waals surface area contributed by atoms with Crippen molar-refractivity contribution in [3.63, 3.8) is 0 Å². The van der Waals surface area contributed by atoms with Gasteiger partial charge in [0.25, 0.3) is 0 Å². The number of carbonyl (C=O) groups excluding carboxylic acids is 1. The van der Waals surface area contributed by atoms with Crippen molar-refractivity contribution in [1.82, 2.24) is 5.32 Å². The number of carbonyl (C=O) groups is 2. The number of nitrogens with one attached hydrogen (secondary N) is 1. The molecule has 1 fully saturated rings. The van der Waals surface area contributed by atoms with Crippen LogP contribution in [0.4, 0.5) is 0 Å². The van der Waals surface area contributed by atoms with Crippen molar-refractivity contribution >= 4 is 22.7 Å². The lowest BCUT2D eigenvalue weighted by Gasteiger charge is -2.23. The number of fused-ring (bicyclic) bond motifs is 2. The maximum Gasteiger partial charge on any atom is 0.307 e. The minimum atomic E-state index is -0.883. The highest BCUT2D eigenvalue weighted by molar-refractivity contribution is 7.84. The molecular weight excluding hydrogens is 266 g/mol. The van der Waals surface area contributed by atoms with Crippen LogP contribution in [-0.4, -0.2) is 39.7 Å². The first-order chi connectivity index (χ1) is 9.00. The van der Waals surface area contributed by atoms with Crippen LogP contribution in [0.2, 0.25) is 0 Å². The van der Waals surface area contributed by atoms with Crippen LogP contribution in [0.1, 0.15) is 12.8 Å². The minimum Gasteiger partial charge on any atom is -0.481 e. The minimum absolute atomic E-state index is 0.00129. The van der Waals surface area contributed by atoms with Gasteiger partial charge in [-0.3, -0.25) is 13.8 Å². The number of allylic oxidation sites excluding steroid dienone is 2. The van der Waals surface area contributed by atoms with Gasteiger partial charge in [-0.25, -0.2) is 0 Å². The van der Waals surface area contributed by atoms with E-state index in [1.165, 1.54) is 0 Å². The molecule has 5 unspecified atom stereocenters. The largest absolute Gasteiger partial charge is 0.481 e. The van der Waals surface area contributed by atoms with E-state index >= 15 is 0 Å². The van der Waals surface area contributed by atoms with Crippen molar-refractivity contribution < 1.29 is 18.9 Å². The number of rotatable bonds is 6. The molecule has 0 aromatic rings. The fourth-order valence-electron chi connectivity index (χ4n) is 3.12. The molecule has 0 aromatic heterocycles. The van der Waals surface area contributed by atoms with Crippen LogP contribution >= 0.6 is 0 Å². The van der Waals surface area contributed by atoms with Gasteiger partial charge in [0.05, 0.1) is 11.8 Å². The topological polar surface area (TPSA) is 83.5 Å². The van der Waals surface area contributed by atoms with E-state index in [1.54, 1.807) is 6.26 Å². The van der Waals surface area contributed by atoms with Gasteiger partial charge in [-0.2, -0.15) is 0 Å². The second kappa shape index (κ2) is 5.86. The molecule has 0 radical (unpaired) electrons. The lowest BCUT2D eigenvalue weighted by Crippen LogP contribution is -2.40. The monoisotopic (exact) mass is 285 g/mol.